The summed E-state index contributed by atoms with van der Waals surface area (Å²) in [6.45, 7) is -2.38. The molecular weight excluding hydrogens is 976 g/mol. The fraction of sp³-hybridized carbons (Fsp3) is 0.0847. The summed E-state index contributed by atoms with van der Waals surface area (Å²) >= 11 is 2.45. The molecule has 0 atom stereocenters. The Morgan fingerprint density at radius 2 is 1.14 bits per heavy atom. The molecule has 11 aromatic rings. The number of aromatic nitrogens is 4. The molecule has 5 nitrogen and oxygen atoms in total. The SMILES string of the molecule is [2H]C([2H])([2H])c1cc(-n2c3[c-]c(Oc4[c-]c(-n5[c](=[Pt])n(-c6c(-c7ccccc7)cccc6-c6ccccc6)c6ccccc65)ccc4)ccc3c3cc4c(cc32)CCCC4)ncc1-c1ccccc1. The zero-order chi connectivity index (χ0) is 45.9. The minimum atomic E-state index is -2.38. The second-order valence-electron chi connectivity index (χ2n) is 16.6. The zero-order valence-electron chi connectivity index (χ0n) is 38.2. The quantitative estimate of drug-likeness (QED) is 0.142. The summed E-state index contributed by atoms with van der Waals surface area (Å²) in [7, 11) is 0. The Labute approximate surface area is 393 Å². The monoisotopic (exact) mass is 1020 g/mol. The van der Waals surface area contributed by atoms with Gasteiger partial charge in [0.15, 0.2) is 0 Å². The molecule has 6 heteroatoms. The van der Waals surface area contributed by atoms with E-state index in [1.807, 2.05) is 48.5 Å². The van der Waals surface area contributed by atoms with Crippen LogP contribution in [0.2, 0.25) is 0 Å². The summed E-state index contributed by atoms with van der Waals surface area (Å²) in [5, 5.41) is 2.07. The molecule has 1 aliphatic carbocycles. The first-order valence-corrected chi connectivity index (χ1v) is 23.1. The summed E-state index contributed by atoms with van der Waals surface area (Å²) in [4.78, 5) is 4.99. The van der Waals surface area contributed by atoms with Crippen molar-refractivity contribution in [3.8, 4) is 62.1 Å². The van der Waals surface area contributed by atoms with Crippen LogP contribution in [0.5, 0.6) is 11.5 Å². The Bertz CT molecular complexity index is 3720. The molecule has 316 valence electrons. The van der Waals surface area contributed by atoms with E-state index < -0.39 is 6.85 Å². The zero-order valence-corrected chi connectivity index (χ0v) is 37.5. The number of aryl methyl sites for hydroxylation is 3. The summed E-state index contributed by atoms with van der Waals surface area (Å²) < 4.78 is 40.2. The fourth-order valence-corrected chi connectivity index (χ4v) is 10.7. The molecule has 65 heavy (non-hydrogen) atoms. The van der Waals surface area contributed by atoms with Gasteiger partial charge in [0.1, 0.15) is 0 Å². The van der Waals surface area contributed by atoms with Gasteiger partial charge in [-0.05, 0) is 54.8 Å². The van der Waals surface area contributed by atoms with Crippen LogP contribution in [0.15, 0.2) is 188 Å². The van der Waals surface area contributed by atoms with E-state index in [0.29, 0.717) is 22.9 Å². The van der Waals surface area contributed by atoms with Crippen molar-refractivity contribution in [1.29, 1.82) is 0 Å². The van der Waals surface area contributed by atoms with Gasteiger partial charge in [-0.15, -0.1) is 0 Å². The molecule has 0 amide bonds. The molecule has 3 aromatic heterocycles. The molecule has 0 bridgehead atoms. The van der Waals surface area contributed by atoms with Gasteiger partial charge in [0.2, 0.25) is 0 Å². The van der Waals surface area contributed by atoms with E-state index in [-0.39, 0.29) is 5.56 Å². The van der Waals surface area contributed by atoms with Gasteiger partial charge in [-0.2, -0.15) is 0 Å². The molecule has 12 rings (SSSR count). The summed E-state index contributed by atoms with van der Waals surface area (Å²) in [5.41, 5.74) is 14.5. The number of hydrogen-bond acceptors (Lipinski definition) is 2. The van der Waals surface area contributed by atoms with Crippen molar-refractivity contribution in [2.45, 2.75) is 32.5 Å². The summed E-state index contributed by atoms with van der Waals surface area (Å²) in [5.74, 6) is 1.55. The van der Waals surface area contributed by atoms with Gasteiger partial charge in [-0.3, -0.25) is 0 Å². The van der Waals surface area contributed by atoms with Gasteiger partial charge in [0.05, 0.1) is 0 Å². The van der Waals surface area contributed by atoms with Gasteiger partial charge in [-0.25, -0.2) is 0 Å². The Kier molecular flexibility index (Phi) is 9.06. The van der Waals surface area contributed by atoms with Crippen LogP contribution >= 0.6 is 0 Å². The number of imidazole rings is 1. The van der Waals surface area contributed by atoms with Gasteiger partial charge in [0.25, 0.3) is 0 Å². The average Bonchev–Trinajstić information content (AvgIpc) is 3.85. The minimum absolute atomic E-state index is 0.244. The third-order valence-electron chi connectivity index (χ3n) is 12.7. The third-order valence-corrected chi connectivity index (χ3v) is 13.7. The standard InChI is InChI=1S/C59H42N4O.Pt/c1-40-33-58(60-38-53(40)43-21-9-4-10-22-43)63-56-35-45-24-12-11-23-44(45)34-52(56)51-32-31-48(37-57(51)63)64-47-26-15-25-46(36-47)61-39-62(55-30-14-13-29-54(55)61)59-49(41-17-5-2-6-18-41)27-16-28-50(59)42-19-7-3-8-20-42;/h2-10,13-22,25-35,38H,11-12,23-24H2,1H3;/q-2;/i1D3;. The van der Waals surface area contributed by atoms with Gasteiger partial charge < -0.3 is 0 Å². The second kappa shape index (κ2) is 16.3. The van der Waals surface area contributed by atoms with Crippen LogP contribution in [-0.2, 0) is 32.2 Å². The first-order chi connectivity index (χ1) is 33.3. The Morgan fingerprint density at radius 3 is 1.82 bits per heavy atom. The molecule has 0 unspecified atom stereocenters. The van der Waals surface area contributed by atoms with E-state index in [4.69, 9.17) is 13.8 Å². The molecule has 0 fully saturated rings. The number of fused-ring (bicyclic) bond motifs is 5. The predicted molar refractivity (Wildman–Crippen MR) is 260 cm³/mol. The third kappa shape index (κ3) is 6.90. The van der Waals surface area contributed by atoms with Gasteiger partial charge >= 0.3 is 294 Å². The maximum atomic E-state index is 8.63. The Morgan fingerprint density at radius 1 is 0.538 bits per heavy atom. The van der Waals surface area contributed by atoms with Gasteiger partial charge in [-0.1, -0.05) is 30.3 Å². The summed E-state index contributed by atoms with van der Waals surface area (Å²) in [6, 6.07) is 69.4. The molecular formula is C59H42N4OPt-2. The molecule has 3 heterocycles. The first kappa shape index (κ1) is 36.1. The van der Waals surface area contributed by atoms with E-state index in [1.54, 1.807) is 12.3 Å². The molecule has 0 N–H and O–H groups in total. The van der Waals surface area contributed by atoms with Crippen LogP contribution in [0.25, 0.3) is 83.4 Å². The minimum Gasteiger partial charge on any atom is -0.0622 e. The van der Waals surface area contributed by atoms with Crippen LogP contribution in [0.4, 0.5) is 0 Å². The topological polar surface area (TPSA) is 36.9 Å². The van der Waals surface area contributed by atoms with Crippen LogP contribution in [0.1, 0.15) is 33.6 Å². The number of ether oxygens (including phenoxy) is 1. The molecule has 0 radical (unpaired) electrons. The average molecular weight is 1020 g/mol. The van der Waals surface area contributed by atoms with Crippen LogP contribution in [-0.4, -0.2) is 18.7 Å². The van der Waals surface area contributed by atoms with Crippen molar-refractivity contribution in [2.24, 2.45) is 0 Å². The molecule has 0 saturated heterocycles. The first-order valence-electron chi connectivity index (χ1n) is 23.5. The fourth-order valence-electron chi connectivity index (χ4n) is 9.65. The number of para-hydroxylation sites is 3. The normalized spacial score (nSPS) is 13.4. The van der Waals surface area contributed by atoms with E-state index in [0.717, 1.165) is 102 Å². The van der Waals surface area contributed by atoms with Crippen molar-refractivity contribution < 1.29 is 28.2 Å². The maximum absolute atomic E-state index is 8.63. The van der Waals surface area contributed by atoms with Crippen LogP contribution in [0.3, 0.4) is 0 Å². The van der Waals surface area contributed by atoms with Crippen molar-refractivity contribution in [3.63, 3.8) is 0 Å². The molecule has 0 saturated carbocycles. The van der Waals surface area contributed by atoms with E-state index in [9.17, 15) is 0 Å². The molecule has 0 spiro atoms. The molecule has 0 aliphatic heterocycles. The number of pyridine rings is 1. The van der Waals surface area contributed by atoms with Crippen molar-refractivity contribution in [1.82, 2.24) is 18.7 Å². The van der Waals surface area contributed by atoms with E-state index in [2.05, 4.69) is 173 Å². The van der Waals surface area contributed by atoms with Crippen LogP contribution < -0.4 is 4.74 Å². The molecule has 1 aliphatic rings. The second-order valence-corrected chi connectivity index (χ2v) is 17.6. The van der Waals surface area contributed by atoms with Crippen LogP contribution in [0, 0.1) is 22.8 Å². The number of rotatable bonds is 8. The number of nitrogens with zero attached hydrogens (tertiary/aromatic N) is 4. The van der Waals surface area contributed by atoms with Crippen molar-refractivity contribution in [2.75, 3.05) is 0 Å². The number of benzene rings is 8. The Balaban J connectivity index is 0.994. The molecule has 8 aromatic carbocycles. The number of hydrogen-bond donors (Lipinski definition) is 0. The van der Waals surface area contributed by atoms with Crippen molar-refractivity contribution >= 4 is 32.8 Å². The van der Waals surface area contributed by atoms with Crippen molar-refractivity contribution in [3.05, 3.63) is 221 Å². The Hall–Kier alpha value is -7.33. The summed E-state index contributed by atoms with van der Waals surface area (Å²) in [6.07, 6.45) is 6.03. The van der Waals surface area contributed by atoms with E-state index >= 15 is 0 Å². The predicted octanol–water partition coefficient (Wildman–Crippen LogP) is 14.6. The van der Waals surface area contributed by atoms with Gasteiger partial charge in [0, 0.05) is 15.9 Å². The smallest absolute Gasteiger partial charge is 0.0622 e. The van der Waals surface area contributed by atoms with E-state index in [1.165, 1.54) is 11.1 Å².